The van der Waals surface area contributed by atoms with Crippen LogP contribution in [0.4, 0.5) is 16.2 Å². The molecule has 0 aromatic heterocycles. The van der Waals surface area contributed by atoms with Crippen molar-refractivity contribution in [2.75, 3.05) is 16.3 Å². The fraction of sp³-hybridized carbons (Fsp3) is 0.0909. The molecule has 5 nitrogen and oxygen atoms in total. The van der Waals surface area contributed by atoms with Crippen molar-refractivity contribution in [1.82, 2.24) is 0 Å². The number of anilines is 2. The summed E-state index contributed by atoms with van der Waals surface area (Å²) in [5, 5.41) is 20.8. The van der Waals surface area contributed by atoms with Gasteiger partial charge in [0.25, 0.3) is 0 Å². The lowest BCUT2D eigenvalue weighted by atomic mass is 10.00. The van der Waals surface area contributed by atoms with E-state index in [1.807, 2.05) is 36.4 Å². The predicted molar refractivity (Wildman–Crippen MR) is 119 cm³/mol. The van der Waals surface area contributed by atoms with Gasteiger partial charge in [0.2, 0.25) is 0 Å². The summed E-state index contributed by atoms with van der Waals surface area (Å²) in [7, 11) is 0. The molecule has 0 saturated carbocycles. The molecule has 1 heterocycles. The molecule has 1 saturated heterocycles. The van der Waals surface area contributed by atoms with Gasteiger partial charge in [-0.15, -0.1) is 0 Å². The Morgan fingerprint density at radius 2 is 1.38 bits per heavy atom. The molecule has 4 rings (SSSR count). The van der Waals surface area contributed by atoms with E-state index in [4.69, 9.17) is 5.26 Å². The molecule has 3 aromatic rings. The lowest BCUT2D eigenvalue weighted by Crippen LogP contribution is -2.44. The molecular weight excluding hydrogens is 498 g/mol. The number of urea groups is 1. The fourth-order valence-electron chi connectivity index (χ4n) is 3.41. The topological polar surface area (TPSA) is 67.6 Å². The van der Waals surface area contributed by atoms with Crippen molar-refractivity contribution in [2.45, 2.75) is 5.72 Å². The molecule has 0 bridgehead atoms. The van der Waals surface area contributed by atoms with Crippen LogP contribution in [0.15, 0.2) is 81.7 Å². The van der Waals surface area contributed by atoms with Gasteiger partial charge in [0.1, 0.15) is 0 Å². The smallest absolute Gasteiger partial charge is 0.331 e. The minimum atomic E-state index is -1.59. The largest absolute Gasteiger partial charge is 0.365 e. The van der Waals surface area contributed by atoms with E-state index in [1.54, 1.807) is 41.3 Å². The highest BCUT2D eigenvalue weighted by atomic mass is 79.9. The third-order valence-electron chi connectivity index (χ3n) is 4.87. The Bertz CT molecular complexity index is 1090. The first-order chi connectivity index (χ1) is 13.9. The van der Waals surface area contributed by atoms with E-state index < -0.39 is 5.72 Å². The van der Waals surface area contributed by atoms with Gasteiger partial charge in [0.15, 0.2) is 5.72 Å². The maximum atomic E-state index is 13.4. The van der Waals surface area contributed by atoms with Crippen molar-refractivity contribution in [2.24, 2.45) is 0 Å². The van der Waals surface area contributed by atoms with Crippen LogP contribution in [-0.4, -0.2) is 17.7 Å². The zero-order chi connectivity index (χ0) is 20.6. The normalized spacial score (nSPS) is 18.8. The number of carbonyl (C=O) groups is 1. The quantitative estimate of drug-likeness (QED) is 0.512. The molecule has 144 valence electrons. The first-order valence-electron chi connectivity index (χ1n) is 8.78. The van der Waals surface area contributed by atoms with Gasteiger partial charge in [-0.05, 0) is 60.7 Å². The number of nitrogens with zero attached hydrogens (tertiary/aromatic N) is 3. The summed E-state index contributed by atoms with van der Waals surface area (Å²) in [6, 6.07) is 22.9. The van der Waals surface area contributed by atoms with Gasteiger partial charge in [-0.25, -0.2) is 4.79 Å². The maximum absolute atomic E-state index is 13.4. The minimum absolute atomic E-state index is 0.0510. The number of benzene rings is 3. The Labute approximate surface area is 185 Å². The molecule has 0 spiro atoms. The predicted octanol–water partition coefficient (Wildman–Crippen LogP) is 5.38. The molecule has 1 aliphatic rings. The van der Waals surface area contributed by atoms with Gasteiger partial charge < -0.3 is 5.11 Å². The van der Waals surface area contributed by atoms with E-state index >= 15 is 0 Å². The summed E-state index contributed by atoms with van der Waals surface area (Å²) >= 11 is 6.81. The second kappa shape index (κ2) is 7.64. The summed E-state index contributed by atoms with van der Waals surface area (Å²) in [6.45, 7) is 0.0510. The first-order valence-corrected chi connectivity index (χ1v) is 10.4. The Morgan fingerprint density at radius 3 is 1.90 bits per heavy atom. The molecule has 1 fully saturated rings. The van der Waals surface area contributed by atoms with Gasteiger partial charge >= 0.3 is 6.03 Å². The van der Waals surface area contributed by atoms with Crippen LogP contribution in [0.25, 0.3) is 0 Å². The number of rotatable bonds is 3. The third-order valence-corrected chi connectivity index (χ3v) is 5.93. The van der Waals surface area contributed by atoms with Crippen LogP contribution in [0.2, 0.25) is 0 Å². The lowest BCUT2D eigenvalue weighted by Gasteiger charge is -2.32. The Hall–Kier alpha value is -2.66. The second-order valence-electron chi connectivity index (χ2n) is 6.66. The summed E-state index contributed by atoms with van der Waals surface area (Å²) < 4.78 is 1.78. The van der Waals surface area contributed by atoms with Gasteiger partial charge in [-0.2, -0.15) is 5.26 Å². The average Bonchev–Trinajstić information content (AvgIpc) is 3.01. The molecule has 0 aliphatic carbocycles. The van der Waals surface area contributed by atoms with Crippen molar-refractivity contribution in [3.8, 4) is 6.07 Å². The molecule has 1 aliphatic heterocycles. The van der Waals surface area contributed by atoms with E-state index in [0.717, 1.165) is 8.95 Å². The van der Waals surface area contributed by atoms with Crippen LogP contribution >= 0.6 is 31.9 Å². The van der Waals surface area contributed by atoms with Crippen LogP contribution in [0, 0.1) is 11.3 Å². The fourth-order valence-corrected chi connectivity index (χ4v) is 3.94. The van der Waals surface area contributed by atoms with Crippen LogP contribution in [0.3, 0.4) is 0 Å². The monoisotopic (exact) mass is 511 g/mol. The van der Waals surface area contributed by atoms with Gasteiger partial charge in [0, 0.05) is 25.9 Å². The van der Waals surface area contributed by atoms with Crippen molar-refractivity contribution >= 4 is 49.3 Å². The molecule has 1 unspecified atom stereocenters. The van der Waals surface area contributed by atoms with E-state index in [0.29, 0.717) is 22.5 Å². The maximum Gasteiger partial charge on any atom is 0.331 e. The zero-order valence-corrected chi connectivity index (χ0v) is 18.3. The molecule has 2 amide bonds. The highest BCUT2D eigenvalue weighted by Gasteiger charge is 2.51. The number of hydrogen-bond acceptors (Lipinski definition) is 3. The second-order valence-corrected chi connectivity index (χ2v) is 8.49. The standard InChI is InChI=1S/C22H15Br2N3O2/c23-17-5-9-19(10-6-17)26-14-22(29,16-3-1-15(13-25)2-4-16)27(21(26)28)20-11-7-18(24)8-12-20/h1-12,29H,14H2. The van der Waals surface area contributed by atoms with Gasteiger partial charge in [0.05, 0.1) is 18.2 Å². The number of nitriles is 1. The van der Waals surface area contributed by atoms with Crippen LogP contribution in [-0.2, 0) is 5.72 Å². The summed E-state index contributed by atoms with van der Waals surface area (Å²) in [4.78, 5) is 16.3. The van der Waals surface area contributed by atoms with E-state index in [-0.39, 0.29) is 12.6 Å². The first kappa shape index (κ1) is 19.6. The van der Waals surface area contributed by atoms with Gasteiger partial charge in [-0.3, -0.25) is 9.80 Å². The van der Waals surface area contributed by atoms with Crippen molar-refractivity contribution in [3.63, 3.8) is 0 Å². The Balaban J connectivity index is 1.83. The molecule has 1 atom stereocenters. The SMILES string of the molecule is N#Cc1ccc(C2(O)CN(c3ccc(Br)cc3)C(=O)N2c2ccc(Br)cc2)cc1. The molecule has 29 heavy (non-hydrogen) atoms. The number of hydrogen-bond donors (Lipinski definition) is 1. The van der Waals surface area contributed by atoms with Crippen LogP contribution in [0.1, 0.15) is 11.1 Å². The van der Waals surface area contributed by atoms with Crippen LogP contribution in [0.5, 0.6) is 0 Å². The molecule has 7 heteroatoms. The Morgan fingerprint density at radius 1 is 0.862 bits per heavy atom. The van der Waals surface area contributed by atoms with E-state index in [9.17, 15) is 9.90 Å². The molecular formula is C22H15Br2N3O2. The zero-order valence-electron chi connectivity index (χ0n) is 15.1. The van der Waals surface area contributed by atoms with E-state index in [1.165, 1.54) is 4.90 Å². The molecule has 0 radical (unpaired) electrons. The Kier molecular flexibility index (Phi) is 5.17. The van der Waals surface area contributed by atoms with E-state index in [2.05, 4.69) is 37.9 Å². The van der Waals surface area contributed by atoms with Gasteiger partial charge in [-0.1, -0.05) is 44.0 Å². The average molecular weight is 513 g/mol. The number of aliphatic hydroxyl groups is 1. The van der Waals surface area contributed by atoms with Crippen molar-refractivity contribution in [3.05, 3.63) is 92.9 Å². The number of amides is 2. The van der Waals surface area contributed by atoms with Crippen molar-refractivity contribution < 1.29 is 9.90 Å². The minimum Gasteiger partial charge on any atom is -0.365 e. The number of β-amino-alcohol motifs (C(OH)–C–C–N with tert-alkyl or cyclic N) is 1. The highest BCUT2D eigenvalue weighted by Crippen LogP contribution is 2.40. The summed E-state index contributed by atoms with van der Waals surface area (Å²) in [5.74, 6) is 0. The number of carbonyl (C=O) groups excluding carboxylic acids is 1. The summed E-state index contributed by atoms with van der Waals surface area (Å²) in [6.07, 6.45) is 0. The number of halogens is 2. The molecule has 1 N–H and O–H groups in total. The highest BCUT2D eigenvalue weighted by molar-refractivity contribution is 9.10. The summed E-state index contributed by atoms with van der Waals surface area (Å²) in [5.41, 5.74) is 0.690. The molecule has 3 aromatic carbocycles. The van der Waals surface area contributed by atoms with Crippen LogP contribution < -0.4 is 9.80 Å². The third kappa shape index (κ3) is 3.55. The lowest BCUT2D eigenvalue weighted by molar-refractivity contribution is 0.0655. The van der Waals surface area contributed by atoms with Crippen molar-refractivity contribution in [1.29, 1.82) is 5.26 Å².